The van der Waals surface area contributed by atoms with Gasteiger partial charge in [-0.2, -0.15) is 0 Å². The lowest BCUT2D eigenvalue weighted by Gasteiger charge is -2.16. The lowest BCUT2D eigenvalue weighted by molar-refractivity contribution is -0.0657. The topological polar surface area (TPSA) is 77.4 Å². The molecular formula is C16H26O6. The Kier molecular flexibility index (Phi) is 11.8. The van der Waals surface area contributed by atoms with Crippen molar-refractivity contribution in [2.45, 2.75) is 12.7 Å². The van der Waals surface area contributed by atoms with E-state index in [9.17, 15) is 5.11 Å². The third-order valence-electron chi connectivity index (χ3n) is 2.81. The maximum absolute atomic E-state index is 9.23. The van der Waals surface area contributed by atoms with Gasteiger partial charge in [-0.3, -0.25) is 0 Å². The average molecular weight is 314 g/mol. The summed E-state index contributed by atoms with van der Waals surface area (Å²) in [7, 11) is 0. The molecule has 6 heteroatoms. The summed E-state index contributed by atoms with van der Waals surface area (Å²) in [5, 5.41) is 17.8. The normalized spacial score (nSPS) is 12.5. The number of aliphatic hydroxyl groups excluding tert-OH is 2. The summed E-state index contributed by atoms with van der Waals surface area (Å²) in [6.45, 7) is 2.81. The number of rotatable bonds is 14. The van der Waals surface area contributed by atoms with E-state index in [0.29, 0.717) is 46.2 Å². The summed E-state index contributed by atoms with van der Waals surface area (Å²) in [4.78, 5) is 0. The highest BCUT2D eigenvalue weighted by Crippen LogP contribution is 2.02. The maximum atomic E-state index is 9.23. The Morgan fingerprint density at radius 2 is 1.50 bits per heavy atom. The van der Waals surface area contributed by atoms with E-state index in [1.165, 1.54) is 0 Å². The minimum atomic E-state index is -0.349. The molecule has 6 nitrogen and oxygen atoms in total. The van der Waals surface area contributed by atoms with Gasteiger partial charge in [-0.1, -0.05) is 30.3 Å². The Hall–Kier alpha value is -1.02. The maximum Gasteiger partial charge on any atom is 0.104 e. The van der Waals surface area contributed by atoms with Gasteiger partial charge in [0.1, 0.15) is 6.10 Å². The lowest BCUT2D eigenvalue weighted by atomic mass is 10.2. The summed E-state index contributed by atoms with van der Waals surface area (Å²) in [5.41, 5.74) is 1.09. The monoisotopic (exact) mass is 314 g/mol. The van der Waals surface area contributed by atoms with Crippen LogP contribution in [0.25, 0.3) is 0 Å². The average Bonchev–Trinajstić information content (AvgIpc) is 2.56. The molecule has 0 unspecified atom stereocenters. The van der Waals surface area contributed by atoms with Crippen molar-refractivity contribution >= 4 is 0 Å². The van der Waals surface area contributed by atoms with Crippen molar-refractivity contribution in [2.24, 2.45) is 0 Å². The van der Waals surface area contributed by atoms with Gasteiger partial charge in [0.05, 0.1) is 59.5 Å². The zero-order valence-corrected chi connectivity index (χ0v) is 12.9. The van der Waals surface area contributed by atoms with Gasteiger partial charge in [-0.15, -0.1) is 0 Å². The van der Waals surface area contributed by atoms with E-state index in [4.69, 9.17) is 24.1 Å². The van der Waals surface area contributed by atoms with E-state index in [2.05, 4.69) is 0 Å². The predicted molar refractivity (Wildman–Crippen MR) is 81.6 cm³/mol. The highest BCUT2D eigenvalue weighted by Gasteiger charge is 2.08. The third kappa shape index (κ3) is 9.83. The van der Waals surface area contributed by atoms with Crippen LogP contribution in [0.2, 0.25) is 0 Å². The quantitative estimate of drug-likeness (QED) is 0.490. The van der Waals surface area contributed by atoms with Crippen molar-refractivity contribution in [1.29, 1.82) is 0 Å². The van der Waals surface area contributed by atoms with E-state index in [0.717, 1.165) is 5.56 Å². The second kappa shape index (κ2) is 13.6. The molecule has 0 aromatic heterocycles. The van der Waals surface area contributed by atoms with Crippen LogP contribution >= 0.6 is 0 Å². The fraction of sp³-hybridized carbons (Fsp3) is 0.625. The summed E-state index contributed by atoms with van der Waals surface area (Å²) in [5.74, 6) is 0. The summed E-state index contributed by atoms with van der Waals surface area (Å²) in [6, 6.07) is 9.85. The highest BCUT2D eigenvalue weighted by atomic mass is 16.6. The summed E-state index contributed by atoms with van der Waals surface area (Å²) in [6.07, 6.45) is -0.349. The van der Waals surface area contributed by atoms with Gasteiger partial charge in [0, 0.05) is 0 Å². The molecule has 1 aromatic rings. The molecule has 0 saturated heterocycles. The molecule has 1 aromatic carbocycles. The fourth-order valence-electron chi connectivity index (χ4n) is 1.70. The first-order valence-electron chi connectivity index (χ1n) is 7.47. The molecule has 22 heavy (non-hydrogen) atoms. The van der Waals surface area contributed by atoms with E-state index in [1.807, 2.05) is 30.3 Å². The molecule has 1 rings (SSSR count). The van der Waals surface area contributed by atoms with Crippen LogP contribution in [0.1, 0.15) is 5.56 Å². The number of hydrogen-bond acceptors (Lipinski definition) is 6. The molecule has 0 amide bonds. The fourth-order valence-corrected chi connectivity index (χ4v) is 1.70. The van der Waals surface area contributed by atoms with E-state index < -0.39 is 0 Å². The summed E-state index contributed by atoms with van der Waals surface area (Å²) < 4.78 is 21.3. The molecule has 0 spiro atoms. The van der Waals surface area contributed by atoms with Crippen LogP contribution in [0.3, 0.4) is 0 Å². The van der Waals surface area contributed by atoms with Crippen LogP contribution in [0, 0.1) is 0 Å². The van der Waals surface area contributed by atoms with Crippen LogP contribution < -0.4 is 0 Å². The van der Waals surface area contributed by atoms with Gasteiger partial charge in [0.2, 0.25) is 0 Å². The third-order valence-corrected chi connectivity index (χ3v) is 2.81. The Morgan fingerprint density at radius 3 is 2.18 bits per heavy atom. The SMILES string of the molecule is OCCOCCOCCO[C@H](CO)COCc1ccccc1. The van der Waals surface area contributed by atoms with Gasteiger partial charge in [0.15, 0.2) is 0 Å². The van der Waals surface area contributed by atoms with E-state index in [-0.39, 0.29) is 19.3 Å². The number of benzene rings is 1. The smallest absolute Gasteiger partial charge is 0.104 e. The Bertz CT molecular complexity index is 346. The van der Waals surface area contributed by atoms with Crippen molar-refractivity contribution in [3.8, 4) is 0 Å². The van der Waals surface area contributed by atoms with E-state index >= 15 is 0 Å². The summed E-state index contributed by atoms with van der Waals surface area (Å²) >= 11 is 0. The van der Waals surface area contributed by atoms with Crippen molar-refractivity contribution in [3.63, 3.8) is 0 Å². The number of ether oxygens (including phenoxy) is 4. The van der Waals surface area contributed by atoms with Crippen molar-refractivity contribution < 1.29 is 29.2 Å². The Labute approximate surface area is 131 Å². The van der Waals surface area contributed by atoms with Crippen LogP contribution in [0.15, 0.2) is 30.3 Å². The zero-order chi connectivity index (χ0) is 15.9. The lowest BCUT2D eigenvalue weighted by Crippen LogP contribution is -2.26. The molecule has 1 atom stereocenters. The van der Waals surface area contributed by atoms with Gasteiger partial charge in [0.25, 0.3) is 0 Å². The largest absolute Gasteiger partial charge is 0.394 e. The van der Waals surface area contributed by atoms with Crippen LogP contribution in [-0.4, -0.2) is 69.2 Å². The zero-order valence-electron chi connectivity index (χ0n) is 12.9. The molecule has 0 bridgehead atoms. The second-order valence-electron chi connectivity index (χ2n) is 4.62. The standard InChI is InChI=1S/C16H26O6/c17-6-7-19-8-9-20-10-11-22-16(12-18)14-21-13-15-4-2-1-3-5-15/h1-5,16-18H,6-14H2/t16-/m1/s1. The Balaban J connectivity index is 1.98. The van der Waals surface area contributed by atoms with Crippen molar-refractivity contribution in [3.05, 3.63) is 35.9 Å². The highest BCUT2D eigenvalue weighted by molar-refractivity contribution is 5.13. The first-order valence-corrected chi connectivity index (χ1v) is 7.47. The predicted octanol–water partition coefficient (Wildman–Crippen LogP) is 0.606. The second-order valence-corrected chi connectivity index (χ2v) is 4.62. The molecule has 0 fully saturated rings. The Morgan fingerprint density at radius 1 is 0.818 bits per heavy atom. The molecule has 126 valence electrons. The van der Waals surface area contributed by atoms with Gasteiger partial charge in [-0.25, -0.2) is 0 Å². The molecule has 0 aliphatic heterocycles. The van der Waals surface area contributed by atoms with Gasteiger partial charge >= 0.3 is 0 Å². The minimum absolute atomic E-state index is 0.0181. The van der Waals surface area contributed by atoms with Crippen molar-refractivity contribution in [2.75, 3.05) is 52.9 Å². The molecular weight excluding hydrogens is 288 g/mol. The first kappa shape index (κ1) is 19.0. The molecule has 0 heterocycles. The van der Waals surface area contributed by atoms with Crippen molar-refractivity contribution in [1.82, 2.24) is 0 Å². The molecule has 0 saturated carbocycles. The van der Waals surface area contributed by atoms with E-state index in [1.54, 1.807) is 0 Å². The van der Waals surface area contributed by atoms with Gasteiger partial charge < -0.3 is 29.2 Å². The first-order chi connectivity index (χ1) is 10.9. The molecule has 2 N–H and O–H groups in total. The van der Waals surface area contributed by atoms with Gasteiger partial charge in [-0.05, 0) is 5.56 Å². The number of aliphatic hydroxyl groups is 2. The number of hydrogen-bond donors (Lipinski definition) is 2. The van der Waals surface area contributed by atoms with Crippen LogP contribution in [0.4, 0.5) is 0 Å². The molecule has 0 aliphatic carbocycles. The minimum Gasteiger partial charge on any atom is -0.394 e. The van der Waals surface area contributed by atoms with Crippen LogP contribution in [0.5, 0.6) is 0 Å². The van der Waals surface area contributed by atoms with Crippen LogP contribution in [-0.2, 0) is 25.6 Å². The molecule has 0 radical (unpaired) electrons. The molecule has 0 aliphatic rings.